The summed E-state index contributed by atoms with van der Waals surface area (Å²) in [5.74, 6) is 1.32. The summed E-state index contributed by atoms with van der Waals surface area (Å²) in [6, 6.07) is 14.4. The van der Waals surface area contributed by atoms with Crippen molar-refractivity contribution in [3.05, 3.63) is 76.3 Å². The van der Waals surface area contributed by atoms with Crippen LogP contribution in [0, 0.1) is 0 Å². The number of ether oxygens (including phenoxy) is 1. The maximum Gasteiger partial charge on any atom is 0.234 e. The lowest BCUT2D eigenvalue weighted by Gasteiger charge is -2.51. The second-order valence-corrected chi connectivity index (χ2v) is 10.1. The summed E-state index contributed by atoms with van der Waals surface area (Å²) >= 11 is 12.6. The van der Waals surface area contributed by atoms with Crippen molar-refractivity contribution < 1.29 is 4.74 Å². The molecule has 7 nitrogen and oxygen atoms in total. The maximum absolute atomic E-state index is 6.46. The number of pyridine rings is 1. The van der Waals surface area contributed by atoms with Crippen LogP contribution in [0.5, 0.6) is 5.88 Å². The zero-order valence-electron chi connectivity index (χ0n) is 19.4. The van der Waals surface area contributed by atoms with E-state index in [0.29, 0.717) is 23.0 Å². The van der Waals surface area contributed by atoms with E-state index < -0.39 is 0 Å². The van der Waals surface area contributed by atoms with Gasteiger partial charge in [0.05, 0.1) is 29.2 Å². The Bertz CT molecular complexity index is 1360. The van der Waals surface area contributed by atoms with Crippen molar-refractivity contribution in [2.45, 2.75) is 38.0 Å². The monoisotopic (exact) mass is 508 g/mol. The van der Waals surface area contributed by atoms with Crippen LogP contribution >= 0.6 is 23.2 Å². The normalized spacial score (nSPS) is 20.5. The van der Waals surface area contributed by atoms with Gasteiger partial charge in [0.15, 0.2) is 0 Å². The molecule has 3 saturated heterocycles. The van der Waals surface area contributed by atoms with Crippen LogP contribution in [0.3, 0.4) is 0 Å². The highest BCUT2D eigenvalue weighted by atomic mass is 35.5. The molecule has 0 N–H and O–H groups in total. The van der Waals surface area contributed by atoms with Crippen molar-refractivity contribution in [3.63, 3.8) is 0 Å². The van der Waals surface area contributed by atoms with Gasteiger partial charge in [-0.2, -0.15) is 0 Å². The molecule has 180 valence electrons. The zero-order chi connectivity index (χ0) is 23.9. The molecule has 0 amide bonds. The molecular weight excluding hydrogens is 483 g/mol. The molecule has 2 bridgehead atoms. The van der Waals surface area contributed by atoms with Gasteiger partial charge < -0.3 is 4.74 Å². The number of nitrogens with zero attached hydrogens (tertiary/aromatic N) is 6. The van der Waals surface area contributed by atoms with Gasteiger partial charge in [-0.1, -0.05) is 35.3 Å². The first-order valence-electron chi connectivity index (χ1n) is 11.8. The van der Waals surface area contributed by atoms with Gasteiger partial charge in [0.2, 0.25) is 11.7 Å². The Morgan fingerprint density at radius 2 is 1.69 bits per heavy atom. The van der Waals surface area contributed by atoms with Crippen LogP contribution in [-0.4, -0.2) is 61.4 Å². The van der Waals surface area contributed by atoms with Crippen molar-refractivity contribution in [3.8, 4) is 17.1 Å². The van der Waals surface area contributed by atoms with E-state index in [-0.39, 0.29) is 0 Å². The lowest BCUT2D eigenvalue weighted by molar-refractivity contribution is -0.0304. The summed E-state index contributed by atoms with van der Waals surface area (Å²) < 4.78 is 7.42. The van der Waals surface area contributed by atoms with Crippen LogP contribution < -0.4 is 4.74 Å². The molecule has 4 aromatic rings. The topological polar surface area (TPSA) is 58.8 Å². The molecule has 6 heterocycles. The average Bonchev–Trinajstić information content (AvgIpc) is 3.25. The van der Waals surface area contributed by atoms with Gasteiger partial charge in [0, 0.05) is 67.3 Å². The Balaban J connectivity index is 1.25. The van der Waals surface area contributed by atoms with Gasteiger partial charge in [0.1, 0.15) is 0 Å². The molecule has 3 aliphatic heterocycles. The van der Waals surface area contributed by atoms with Crippen LogP contribution in [-0.2, 0) is 13.1 Å². The SMILES string of the molecule is COc1ccc(Cl)c(CN2CC3CCC2CN3Cc2c(-c3ccc(Cl)cc3)nc3ncccn23)n1. The number of piperazine rings is 1. The minimum absolute atomic E-state index is 0.459. The molecule has 1 aromatic carbocycles. The minimum atomic E-state index is 0.459. The first kappa shape index (κ1) is 22.7. The Kier molecular flexibility index (Phi) is 6.10. The van der Waals surface area contributed by atoms with Gasteiger partial charge in [-0.05, 0) is 37.1 Å². The Morgan fingerprint density at radius 1 is 0.943 bits per heavy atom. The number of hydrogen-bond donors (Lipinski definition) is 0. The molecule has 0 radical (unpaired) electrons. The van der Waals surface area contributed by atoms with E-state index >= 15 is 0 Å². The van der Waals surface area contributed by atoms with Crippen LogP contribution in [0.25, 0.3) is 17.0 Å². The number of imidazole rings is 1. The highest BCUT2D eigenvalue weighted by Crippen LogP contribution is 2.34. The number of aromatic nitrogens is 4. The smallest absolute Gasteiger partial charge is 0.234 e. The van der Waals surface area contributed by atoms with E-state index in [9.17, 15) is 0 Å². The maximum atomic E-state index is 6.46. The number of piperidine rings is 2. The summed E-state index contributed by atoms with van der Waals surface area (Å²) in [6.07, 6.45) is 6.21. The third-order valence-electron chi connectivity index (χ3n) is 7.18. The van der Waals surface area contributed by atoms with Crippen molar-refractivity contribution in [1.82, 2.24) is 29.2 Å². The van der Waals surface area contributed by atoms with Crippen LogP contribution in [0.15, 0.2) is 54.9 Å². The van der Waals surface area contributed by atoms with E-state index in [1.165, 1.54) is 12.8 Å². The lowest BCUT2D eigenvalue weighted by atomic mass is 9.90. The first-order chi connectivity index (χ1) is 17.1. The molecular formula is C26H26Cl2N6O. The molecule has 0 spiro atoms. The molecule has 3 aromatic heterocycles. The first-order valence-corrected chi connectivity index (χ1v) is 12.6. The fraction of sp³-hybridized carbons (Fsp3) is 0.346. The number of benzene rings is 1. The van der Waals surface area contributed by atoms with Gasteiger partial charge >= 0.3 is 0 Å². The van der Waals surface area contributed by atoms with Gasteiger partial charge in [-0.3, -0.25) is 14.2 Å². The van der Waals surface area contributed by atoms with Crippen LogP contribution in [0.2, 0.25) is 10.0 Å². The molecule has 35 heavy (non-hydrogen) atoms. The molecule has 9 heteroatoms. The highest BCUT2D eigenvalue weighted by molar-refractivity contribution is 6.31. The molecule has 7 rings (SSSR count). The van der Waals surface area contributed by atoms with Gasteiger partial charge in [0.25, 0.3) is 0 Å². The molecule has 0 aliphatic carbocycles. The summed E-state index contributed by atoms with van der Waals surface area (Å²) in [4.78, 5) is 19.1. The fourth-order valence-electron chi connectivity index (χ4n) is 5.39. The molecule has 2 atom stereocenters. The predicted molar refractivity (Wildman–Crippen MR) is 137 cm³/mol. The van der Waals surface area contributed by atoms with Gasteiger partial charge in [-0.25, -0.2) is 15.0 Å². The minimum Gasteiger partial charge on any atom is -0.481 e. The van der Waals surface area contributed by atoms with Gasteiger partial charge in [-0.15, -0.1) is 0 Å². The van der Waals surface area contributed by atoms with Crippen LogP contribution in [0.1, 0.15) is 24.2 Å². The Morgan fingerprint density at radius 3 is 2.40 bits per heavy atom. The number of hydrogen-bond acceptors (Lipinski definition) is 6. The standard InChI is InChI=1S/C26H26Cl2N6O/c1-35-24-10-9-21(28)22(30-24)15-32-13-20-8-7-19(32)14-33(20)16-23-25(17-3-5-18(27)6-4-17)31-26-29-11-2-12-34(23)26/h2-6,9-12,19-20H,7-8,13-16H2,1H3. The van der Waals surface area contributed by atoms with E-state index in [2.05, 4.69) is 30.4 Å². The highest BCUT2D eigenvalue weighted by Gasteiger charge is 2.39. The van der Waals surface area contributed by atoms with Crippen molar-refractivity contribution >= 4 is 29.0 Å². The fourth-order valence-corrected chi connectivity index (χ4v) is 5.68. The summed E-state index contributed by atoms with van der Waals surface area (Å²) in [5, 5.41) is 1.41. The molecule has 3 fully saturated rings. The second kappa shape index (κ2) is 9.39. The van der Waals surface area contributed by atoms with Crippen molar-refractivity contribution in [1.29, 1.82) is 0 Å². The van der Waals surface area contributed by atoms with E-state index in [0.717, 1.165) is 59.6 Å². The number of methoxy groups -OCH3 is 1. The number of rotatable bonds is 6. The van der Waals surface area contributed by atoms with Crippen molar-refractivity contribution in [2.24, 2.45) is 0 Å². The average molecular weight is 509 g/mol. The Hall–Kier alpha value is -2.71. The number of fused-ring (bicyclic) bond motifs is 4. The summed E-state index contributed by atoms with van der Waals surface area (Å²) in [5.41, 5.74) is 4.05. The zero-order valence-corrected chi connectivity index (χ0v) is 21.0. The second-order valence-electron chi connectivity index (χ2n) is 9.23. The summed E-state index contributed by atoms with van der Waals surface area (Å²) in [6.45, 7) is 3.55. The van der Waals surface area contributed by atoms with E-state index in [1.54, 1.807) is 19.4 Å². The molecule has 0 saturated carbocycles. The predicted octanol–water partition coefficient (Wildman–Crippen LogP) is 4.96. The molecule has 3 aliphatic rings. The largest absolute Gasteiger partial charge is 0.481 e. The third kappa shape index (κ3) is 4.38. The Labute approximate surface area is 214 Å². The quantitative estimate of drug-likeness (QED) is 0.367. The summed E-state index contributed by atoms with van der Waals surface area (Å²) in [7, 11) is 1.63. The van der Waals surface area contributed by atoms with E-state index in [1.807, 2.05) is 36.4 Å². The van der Waals surface area contributed by atoms with E-state index in [4.69, 9.17) is 32.9 Å². The molecule has 2 unspecified atom stereocenters. The third-order valence-corrected chi connectivity index (χ3v) is 7.78. The lowest BCUT2D eigenvalue weighted by Crippen LogP contribution is -2.61. The van der Waals surface area contributed by atoms with Crippen LogP contribution in [0.4, 0.5) is 0 Å². The van der Waals surface area contributed by atoms with Crippen molar-refractivity contribution in [2.75, 3.05) is 20.2 Å². The number of halogens is 2.